The summed E-state index contributed by atoms with van der Waals surface area (Å²) in [5.41, 5.74) is 0.386. The predicted molar refractivity (Wildman–Crippen MR) is 41.0 cm³/mol. The largest absolute Gasteiger partial charge is 0.264 e. The van der Waals surface area contributed by atoms with Gasteiger partial charge in [-0.2, -0.15) is 0 Å². The summed E-state index contributed by atoms with van der Waals surface area (Å²) >= 11 is 5.35. The van der Waals surface area contributed by atoms with E-state index in [0.29, 0.717) is 5.56 Å². The molecule has 0 N–H and O–H groups in total. The van der Waals surface area contributed by atoms with E-state index >= 15 is 0 Å². The summed E-state index contributed by atoms with van der Waals surface area (Å²) in [6.07, 6.45) is 2.99. The van der Waals surface area contributed by atoms with Crippen LogP contribution in [0.3, 0.4) is 0 Å². The van der Waals surface area contributed by atoms with Gasteiger partial charge in [0.05, 0.1) is 0 Å². The first-order chi connectivity index (χ1) is 4.61. The topological polar surface area (TPSA) is 12.9 Å². The first-order valence-corrected chi connectivity index (χ1v) is 2.58. The Labute approximate surface area is 68.3 Å². The minimum atomic E-state index is -1.80. The van der Waals surface area contributed by atoms with Crippen LogP contribution in [-0.2, 0) is 5.83 Å². The van der Waals surface area contributed by atoms with E-state index in [2.05, 4.69) is 4.98 Å². The number of pyridine rings is 1. The van der Waals surface area contributed by atoms with Crippen molar-refractivity contribution in [3.05, 3.63) is 30.1 Å². The zero-order valence-corrected chi connectivity index (χ0v) is 6.12. The molecule has 0 bridgehead atoms. The van der Waals surface area contributed by atoms with E-state index in [1.165, 1.54) is 6.20 Å². The number of halogens is 2. The highest BCUT2D eigenvalue weighted by Gasteiger charge is 1.82. The first kappa shape index (κ1) is 5.51. The number of hydrogen-bond donors (Lipinski definition) is 0. The molecule has 0 fully saturated rings. The highest BCUT2D eigenvalue weighted by molar-refractivity contribution is 6.17. The van der Waals surface area contributed by atoms with E-state index < -0.39 is 5.83 Å². The average molecular weight is 166 g/mol. The lowest BCUT2D eigenvalue weighted by Crippen LogP contribution is -1.75. The number of rotatable bonds is 1. The lowest BCUT2D eigenvalue weighted by atomic mass is 10.3. The molecule has 50 valence electrons. The molecule has 0 saturated heterocycles. The second-order valence-electron chi connectivity index (χ2n) is 1.34. The van der Waals surface area contributed by atoms with Crippen LogP contribution >= 0.6 is 24.0 Å². The number of alkyl halides is 1. The van der Waals surface area contributed by atoms with E-state index in [-0.39, 0.29) is 12.4 Å². The van der Waals surface area contributed by atoms with Crippen molar-refractivity contribution < 1.29 is 2.74 Å². The quantitative estimate of drug-likeness (QED) is 0.583. The molecule has 1 aromatic rings. The van der Waals surface area contributed by atoms with E-state index in [1.54, 1.807) is 18.3 Å². The van der Waals surface area contributed by atoms with Gasteiger partial charge in [0.15, 0.2) is 0 Å². The molecule has 0 aliphatic rings. The Morgan fingerprint density at radius 2 is 2.56 bits per heavy atom. The fourth-order valence-electron chi connectivity index (χ4n) is 0.419. The SMILES string of the molecule is Cl.[2H]C([2H])(Cl)c1cccnc1. The Morgan fingerprint density at radius 1 is 1.78 bits per heavy atom. The number of aromatic nitrogens is 1. The van der Waals surface area contributed by atoms with Gasteiger partial charge in [-0.15, -0.1) is 24.0 Å². The highest BCUT2D eigenvalue weighted by atomic mass is 35.5. The smallest absolute Gasteiger partial charge is 0.0489 e. The number of nitrogens with zero attached hydrogens (tertiary/aromatic N) is 1. The minimum absolute atomic E-state index is 0. The fourth-order valence-corrected chi connectivity index (χ4v) is 0.530. The van der Waals surface area contributed by atoms with Crippen molar-refractivity contribution in [3.63, 3.8) is 0 Å². The highest BCUT2D eigenvalue weighted by Crippen LogP contribution is 1.98. The Morgan fingerprint density at radius 3 is 2.89 bits per heavy atom. The molecule has 1 heterocycles. The molecular formula is C6H7Cl2N. The summed E-state index contributed by atoms with van der Waals surface area (Å²) in [5.74, 6) is -1.80. The molecule has 0 aliphatic carbocycles. The van der Waals surface area contributed by atoms with Gasteiger partial charge in [-0.3, -0.25) is 4.98 Å². The third-order valence-corrected chi connectivity index (χ3v) is 0.989. The third-order valence-electron chi connectivity index (χ3n) is 0.771. The lowest BCUT2D eigenvalue weighted by Gasteiger charge is -1.87. The molecular weight excluding hydrogens is 157 g/mol. The minimum Gasteiger partial charge on any atom is -0.264 e. The van der Waals surface area contributed by atoms with Crippen molar-refractivity contribution in [2.24, 2.45) is 0 Å². The van der Waals surface area contributed by atoms with Crippen molar-refractivity contribution in [2.45, 2.75) is 5.83 Å². The molecule has 0 spiro atoms. The monoisotopic (exact) mass is 165 g/mol. The Bertz CT molecular complexity index is 210. The van der Waals surface area contributed by atoms with Gasteiger partial charge in [-0.25, -0.2) is 0 Å². The molecule has 1 aromatic heterocycles. The van der Waals surface area contributed by atoms with Crippen molar-refractivity contribution >= 4 is 24.0 Å². The summed E-state index contributed by atoms with van der Waals surface area (Å²) in [4.78, 5) is 3.73. The van der Waals surface area contributed by atoms with Crippen LogP contribution in [0.2, 0.25) is 0 Å². The van der Waals surface area contributed by atoms with Gasteiger partial charge in [0.1, 0.15) is 0 Å². The molecule has 3 heteroatoms. The van der Waals surface area contributed by atoms with Crippen LogP contribution in [0.5, 0.6) is 0 Å². The molecule has 1 rings (SSSR count). The third kappa shape index (κ3) is 2.68. The molecule has 0 unspecified atom stereocenters. The zero-order valence-electron chi connectivity index (χ0n) is 6.54. The summed E-state index contributed by atoms with van der Waals surface area (Å²) in [6, 6.07) is 3.25. The van der Waals surface area contributed by atoms with E-state index in [9.17, 15) is 0 Å². The molecule has 0 atom stereocenters. The zero-order chi connectivity index (χ0) is 7.61. The van der Waals surface area contributed by atoms with Crippen molar-refractivity contribution in [1.29, 1.82) is 0 Å². The van der Waals surface area contributed by atoms with Crippen molar-refractivity contribution in [3.8, 4) is 0 Å². The van der Waals surface area contributed by atoms with Gasteiger partial charge >= 0.3 is 0 Å². The summed E-state index contributed by atoms with van der Waals surface area (Å²) < 4.78 is 14.1. The fraction of sp³-hybridized carbons (Fsp3) is 0.167. The molecule has 1 nitrogen and oxygen atoms in total. The van der Waals surface area contributed by atoms with Crippen LogP contribution in [-0.4, -0.2) is 4.98 Å². The van der Waals surface area contributed by atoms with Crippen LogP contribution in [0, 0.1) is 0 Å². The van der Waals surface area contributed by atoms with Crippen molar-refractivity contribution in [1.82, 2.24) is 4.98 Å². The molecule has 0 aromatic carbocycles. The van der Waals surface area contributed by atoms with Crippen LogP contribution in [0.15, 0.2) is 24.5 Å². The molecule has 9 heavy (non-hydrogen) atoms. The van der Waals surface area contributed by atoms with Crippen molar-refractivity contribution in [2.75, 3.05) is 0 Å². The van der Waals surface area contributed by atoms with Gasteiger partial charge in [0.2, 0.25) is 0 Å². The van der Waals surface area contributed by atoms with Gasteiger partial charge in [0, 0.05) is 21.0 Å². The van der Waals surface area contributed by atoms with Gasteiger partial charge < -0.3 is 0 Å². The van der Waals surface area contributed by atoms with Crippen LogP contribution in [0.1, 0.15) is 8.30 Å². The normalized spacial score (nSPS) is 13.0. The second-order valence-corrected chi connectivity index (χ2v) is 1.53. The Kier molecular flexibility index (Phi) is 2.81. The van der Waals surface area contributed by atoms with Crippen LogP contribution < -0.4 is 0 Å². The summed E-state index contributed by atoms with van der Waals surface area (Å²) in [5, 5.41) is 0. The first-order valence-electron chi connectivity index (χ1n) is 3.20. The predicted octanol–water partition coefficient (Wildman–Crippen LogP) is 2.24. The van der Waals surface area contributed by atoms with E-state index in [1.807, 2.05) is 0 Å². The summed E-state index contributed by atoms with van der Waals surface area (Å²) in [7, 11) is 0. The molecule has 0 amide bonds. The van der Waals surface area contributed by atoms with Gasteiger partial charge in [-0.05, 0) is 11.6 Å². The van der Waals surface area contributed by atoms with E-state index in [4.69, 9.17) is 14.3 Å². The maximum Gasteiger partial charge on any atom is 0.0489 e. The Hall–Kier alpha value is -0.270. The Balaban J connectivity index is 0.000001000. The summed E-state index contributed by atoms with van der Waals surface area (Å²) in [6.45, 7) is 0. The lowest BCUT2D eigenvalue weighted by molar-refractivity contribution is 1.25. The second kappa shape index (κ2) is 4.59. The van der Waals surface area contributed by atoms with Crippen LogP contribution in [0.4, 0.5) is 0 Å². The molecule has 0 radical (unpaired) electrons. The maximum absolute atomic E-state index is 7.06. The molecule has 0 aliphatic heterocycles. The molecule has 0 saturated carbocycles. The average Bonchev–Trinajstić information content (AvgIpc) is 1.88. The standard InChI is InChI=1S/C6H6ClN.ClH/c7-4-6-2-1-3-8-5-6;/h1-3,5H,4H2;1H/i4D2;. The van der Waals surface area contributed by atoms with Gasteiger partial charge in [0.25, 0.3) is 0 Å². The number of hydrogen-bond acceptors (Lipinski definition) is 1. The van der Waals surface area contributed by atoms with Crippen LogP contribution in [0.25, 0.3) is 0 Å². The van der Waals surface area contributed by atoms with E-state index in [0.717, 1.165) is 0 Å². The maximum atomic E-state index is 7.06. The van der Waals surface area contributed by atoms with Gasteiger partial charge in [-0.1, -0.05) is 6.07 Å².